The molecule has 1 aliphatic rings. The normalized spacial score (nSPS) is 19.0. The smallest absolute Gasteiger partial charge is 0.422 e. The summed E-state index contributed by atoms with van der Waals surface area (Å²) in [5.74, 6) is -0.312. The first-order valence-corrected chi connectivity index (χ1v) is 12.3. The molecule has 188 valence electrons. The van der Waals surface area contributed by atoms with Crippen molar-refractivity contribution in [3.05, 3.63) is 54.5 Å². The fraction of sp³-hybridized carbons (Fsp3) is 0.409. The topological polar surface area (TPSA) is 99.0 Å². The molecule has 4 rings (SSSR count). The van der Waals surface area contributed by atoms with Gasteiger partial charge in [0, 0.05) is 35.5 Å². The van der Waals surface area contributed by atoms with Crippen LogP contribution >= 0.6 is 0 Å². The highest BCUT2D eigenvalue weighted by Gasteiger charge is 2.29. The maximum Gasteiger partial charge on any atom is 0.422 e. The Kier molecular flexibility index (Phi) is 7.08. The summed E-state index contributed by atoms with van der Waals surface area (Å²) in [6.45, 7) is 0.345. The van der Waals surface area contributed by atoms with E-state index < -0.39 is 28.6 Å². The van der Waals surface area contributed by atoms with Crippen LogP contribution in [0.1, 0.15) is 37.5 Å². The average molecular weight is 514 g/mol. The Bertz CT molecular complexity index is 1280. The zero-order valence-electron chi connectivity index (χ0n) is 18.7. The third kappa shape index (κ3) is 6.14. The molecule has 0 aliphatic heterocycles. The number of alkyl halides is 3. The Balaban J connectivity index is 1.45. The summed E-state index contributed by atoms with van der Waals surface area (Å²) in [5.41, 5.74) is 0.317. The molecule has 13 heteroatoms. The maximum absolute atomic E-state index is 14.8. The molecule has 2 heterocycles. The van der Waals surface area contributed by atoms with Crippen LogP contribution in [0.15, 0.2) is 47.8 Å². The lowest BCUT2D eigenvalue weighted by Crippen LogP contribution is -2.39. The van der Waals surface area contributed by atoms with Gasteiger partial charge in [0.1, 0.15) is 18.0 Å². The minimum Gasteiger partial charge on any atom is -0.468 e. The van der Waals surface area contributed by atoms with E-state index in [0.29, 0.717) is 12.8 Å². The second kappa shape index (κ2) is 9.90. The highest BCUT2D eigenvalue weighted by atomic mass is 32.2. The van der Waals surface area contributed by atoms with Crippen molar-refractivity contribution in [2.75, 3.05) is 6.61 Å². The summed E-state index contributed by atoms with van der Waals surface area (Å²) in [6, 6.07) is 5.76. The highest BCUT2D eigenvalue weighted by molar-refractivity contribution is 7.89. The lowest BCUT2D eigenvalue weighted by atomic mass is 9.91. The first-order valence-electron chi connectivity index (χ1n) is 10.9. The highest BCUT2D eigenvalue weighted by Crippen LogP contribution is 2.31. The Morgan fingerprint density at radius 1 is 1.20 bits per heavy atom. The van der Waals surface area contributed by atoms with Crippen LogP contribution in [0.3, 0.4) is 0 Å². The molecule has 0 radical (unpaired) electrons. The third-order valence-corrected chi connectivity index (χ3v) is 7.31. The van der Waals surface area contributed by atoms with Gasteiger partial charge in [-0.25, -0.2) is 22.5 Å². The number of hydrogen-bond donors (Lipinski definition) is 1. The molecular weight excluding hydrogens is 490 g/mol. The van der Waals surface area contributed by atoms with E-state index in [2.05, 4.69) is 24.6 Å². The molecule has 0 unspecified atom stereocenters. The number of pyridine rings is 1. The van der Waals surface area contributed by atoms with Crippen molar-refractivity contribution in [3.8, 4) is 17.0 Å². The summed E-state index contributed by atoms with van der Waals surface area (Å²) < 4.78 is 86.6. The summed E-state index contributed by atoms with van der Waals surface area (Å²) >= 11 is 0. The first kappa shape index (κ1) is 25.0. The van der Waals surface area contributed by atoms with Crippen LogP contribution in [0, 0.1) is 12.7 Å². The van der Waals surface area contributed by atoms with E-state index in [1.165, 1.54) is 24.3 Å². The van der Waals surface area contributed by atoms with E-state index in [4.69, 9.17) is 0 Å². The van der Waals surface area contributed by atoms with Gasteiger partial charge in [-0.3, -0.25) is 0 Å². The van der Waals surface area contributed by atoms with E-state index >= 15 is 0 Å². The molecule has 2 atom stereocenters. The van der Waals surface area contributed by atoms with Gasteiger partial charge >= 0.3 is 6.18 Å². The van der Waals surface area contributed by atoms with E-state index in [0.717, 1.165) is 30.9 Å². The van der Waals surface area contributed by atoms with Gasteiger partial charge < -0.3 is 9.30 Å². The lowest BCUT2D eigenvalue weighted by Gasteiger charge is -2.30. The molecule has 0 saturated heterocycles. The molecule has 1 saturated carbocycles. The Morgan fingerprint density at radius 3 is 2.63 bits per heavy atom. The van der Waals surface area contributed by atoms with Crippen molar-refractivity contribution in [2.45, 2.75) is 55.8 Å². The summed E-state index contributed by atoms with van der Waals surface area (Å²) in [7, 11) is -3.98. The third-order valence-electron chi connectivity index (χ3n) is 5.80. The van der Waals surface area contributed by atoms with E-state index in [-0.39, 0.29) is 34.0 Å². The SMILES string of the molecule is Cc1nncn1[C@@H]1CCC[C@H](NS(=O)(=O)c2ccc(-c3ccc(OCC(F)(F)F)nc3)c(F)c2)C1. The molecule has 0 spiro atoms. The molecule has 2 aromatic heterocycles. The second-order valence-corrected chi connectivity index (χ2v) is 10.1. The van der Waals surface area contributed by atoms with Crippen molar-refractivity contribution in [2.24, 2.45) is 0 Å². The molecule has 3 aromatic rings. The molecule has 35 heavy (non-hydrogen) atoms. The number of halogens is 4. The summed E-state index contributed by atoms with van der Waals surface area (Å²) in [4.78, 5) is 3.53. The Labute approximate surface area is 199 Å². The van der Waals surface area contributed by atoms with E-state index in [1.54, 1.807) is 6.33 Å². The zero-order valence-corrected chi connectivity index (χ0v) is 19.5. The monoisotopic (exact) mass is 513 g/mol. The van der Waals surface area contributed by atoms with Crippen LogP contribution in [0.4, 0.5) is 17.6 Å². The van der Waals surface area contributed by atoms with Gasteiger partial charge in [-0.2, -0.15) is 13.2 Å². The molecule has 1 N–H and O–H groups in total. The Morgan fingerprint density at radius 2 is 2.00 bits per heavy atom. The van der Waals surface area contributed by atoms with Crippen LogP contribution < -0.4 is 9.46 Å². The molecule has 8 nitrogen and oxygen atoms in total. The van der Waals surface area contributed by atoms with Crippen LogP contribution in [0.5, 0.6) is 5.88 Å². The standard InChI is InChI=1S/C22H23F4N5O3S/c1-14-29-28-13-31(14)17-4-2-3-16(9-17)30-35(32,33)18-6-7-19(20(23)10-18)15-5-8-21(27-11-15)34-12-22(24,25)26/h5-8,10-11,13,16-17,30H,2-4,9,12H2,1H3/t16-,17+/m0/s1. The minimum absolute atomic E-state index is 0.0552. The van der Waals surface area contributed by atoms with Crippen molar-refractivity contribution >= 4 is 10.0 Å². The Hall–Kier alpha value is -3.06. The van der Waals surface area contributed by atoms with Crippen molar-refractivity contribution in [1.29, 1.82) is 0 Å². The van der Waals surface area contributed by atoms with E-state index in [1.807, 2.05) is 11.5 Å². The predicted octanol–water partition coefficient (Wildman–Crippen LogP) is 4.19. The fourth-order valence-electron chi connectivity index (χ4n) is 4.15. The fourth-order valence-corrected chi connectivity index (χ4v) is 5.44. The van der Waals surface area contributed by atoms with Crippen molar-refractivity contribution < 1.29 is 30.7 Å². The van der Waals surface area contributed by atoms with Crippen LogP contribution in [0.2, 0.25) is 0 Å². The molecular formula is C22H23F4N5O3S. The quantitative estimate of drug-likeness (QED) is 0.476. The number of ether oxygens (including phenoxy) is 1. The van der Waals surface area contributed by atoms with Gasteiger partial charge in [0.05, 0.1) is 4.90 Å². The molecule has 1 aliphatic carbocycles. The van der Waals surface area contributed by atoms with Gasteiger partial charge in [-0.05, 0) is 50.8 Å². The summed E-state index contributed by atoms with van der Waals surface area (Å²) in [6.07, 6.45) is 1.21. The van der Waals surface area contributed by atoms with Crippen molar-refractivity contribution in [3.63, 3.8) is 0 Å². The lowest BCUT2D eigenvalue weighted by molar-refractivity contribution is -0.154. The number of hydrogen-bond acceptors (Lipinski definition) is 6. The number of aryl methyl sites for hydroxylation is 1. The maximum atomic E-state index is 14.8. The van der Waals surface area contributed by atoms with Crippen LogP contribution in [-0.4, -0.2) is 47.0 Å². The first-order chi connectivity index (χ1) is 16.5. The second-order valence-electron chi connectivity index (χ2n) is 8.35. The minimum atomic E-state index is -4.50. The molecule has 1 aromatic carbocycles. The molecule has 1 fully saturated rings. The number of aromatic nitrogens is 4. The largest absolute Gasteiger partial charge is 0.468 e. The van der Waals surface area contributed by atoms with Gasteiger partial charge in [0.25, 0.3) is 0 Å². The number of nitrogens with zero attached hydrogens (tertiary/aromatic N) is 4. The average Bonchev–Trinajstić information content (AvgIpc) is 3.23. The van der Waals surface area contributed by atoms with Gasteiger partial charge in [0.2, 0.25) is 15.9 Å². The van der Waals surface area contributed by atoms with Gasteiger partial charge in [-0.15, -0.1) is 10.2 Å². The summed E-state index contributed by atoms with van der Waals surface area (Å²) in [5, 5.41) is 7.87. The number of nitrogens with one attached hydrogen (secondary N) is 1. The van der Waals surface area contributed by atoms with Crippen LogP contribution in [-0.2, 0) is 10.0 Å². The number of benzene rings is 1. The number of sulfonamides is 1. The zero-order chi connectivity index (χ0) is 25.2. The van der Waals surface area contributed by atoms with Gasteiger partial charge in [-0.1, -0.05) is 6.07 Å². The number of rotatable bonds is 7. The van der Waals surface area contributed by atoms with Crippen molar-refractivity contribution in [1.82, 2.24) is 24.5 Å². The molecule has 0 amide bonds. The molecule has 0 bridgehead atoms. The van der Waals surface area contributed by atoms with Gasteiger partial charge in [0.15, 0.2) is 6.61 Å². The van der Waals surface area contributed by atoms with E-state index in [9.17, 15) is 26.0 Å². The van der Waals surface area contributed by atoms with Crippen LogP contribution in [0.25, 0.3) is 11.1 Å². The predicted molar refractivity (Wildman–Crippen MR) is 118 cm³/mol.